The monoisotopic (exact) mass is 201 g/mol. The van der Waals surface area contributed by atoms with E-state index < -0.39 is 23.7 Å². The summed E-state index contributed by atoms with van der Waals surface area (Å²) in [5.41, 5.74) is 5.80. The number of hydrogen-bond donors (Lipinski definition) is 2. The molecule has 0 aromatic heterocycles. The molecule has 14 heavy (non-hydrogen) atoms. The van der Waals surface area contributed by atoms with E-state index in [4.69, 9.17) is 20.3 Å². The number of fused-ring (bicyclic) bond motifs is 1. The molecular formula is C9H15NO4. The molecule has 3 N–H and O–H groups in total. The second kappa shape index (κ2) is 2.92. The smallest absolute Gasteiger partial charge is 0.308 e. The average molecular weight is 201 g/mol. The van der Waals surface area contributed by atoms with E-state index in [1.165, 1.54) is 0 Å². The molecule has 1 saturated heterocycles. The van der Waals surface area contributed by atoms with Crippen molar-refractivity contribution in [3.63, 3.8) is 0 Å². The molecule has 1 saturated carbocycles. The van der Waals surface area contributed by atoms with Crippen molar-refractivity contribution < 1.29 is 19.4 Å². The highest BCUT2D eigenvalue weighted by Gasteiger charge is 2.54. The maximum atomic E-state index is 10.8. The zero-order valence-corrected chi connectivity index (χ0v) is 8.27. The van der Waals surface area contributed by atoms with Gasteiger partial charge < -0.3 is 20.3 Å². The number of carboxylic acid groups (broad SMARTS) is 1. The van der Waals surface area contributed by atoms with Crippen LogP contribution in [0.1, 0.15) is 20.3 Å². The topological polar surface area (TPSA) is 81.8 Å². The summed E-state index contributed by atoms with van der Waals surface area (Å²) in [6, 6.07) is -0.459. The first-order valence-electron chi connectivity index (χ1n) is 4.75. The molecule has 0 radical (unpaired) electrons. The number of hydrogen-bond acceptors (Lipinski definition) is 4. The lowest BCUT2D eigenvalue weighted by Crippen LogP contribution is -2.41. The molecule has 1 aliphatic heterocycles. The highest BCUT2D eigenvalue weighted by atomic mass is 16.8. The largest absolute Gasteiger partial charge is 0.481 e. The summed E-state index contributed by atoms with van der Waals surface area (Å²) in [6.45, 7) is 3.63. The Morgan fingerprint density at radius 3 is 2.64 bits per heavy atom. The molecule has 4 atom stereocenters. The standard InChI is InChI=1S/C9H15NO4/c1-9(2)13-5-3-4(8(11)12)6(10)7(5)14-9/h4-7H,3,10H2,1-2H3,(H,11,12). The Morgan fingerprint density at radius 1 is 1.50 bits per heavy atom. The second-order valence-electron chi connectivity index (χ2n) is 4.40. The highest BCUT2D eigenvalue weighted by Crippen LogP contribution is 2.40. The van der Waals surface area contributed by atoms with Crippen LogP contribution in [0.4, 0.5) is 0 Å². The minimum absolute atomic E-state index is 0.166. The van der Waals surface area contributed by atoms with Crippen LogP contribution in [0, 0.1) is 5.92 Å². The van der Waals surface area contributed by atoms with E-state index in [0.29, 0.717) is 6.42 Å². The fourth-order valence-corrected chi connectivity index (χ4v) is 2.27. The van der Waals surface area contributed by atoms with Gasteiger partial charge in [0.05, 0.1) is 12.0 Å². The number of carbonyl (C=O) groups is 1. The molecule has 1 aliphatic carbocycles. The number of ether oxygens (including phenoxy) is 2. The van der Waals surface area contributed by atoms with Gasteiger partial charge in [-0.1, -0.05) is 0 Å². The quantitative estimate of drug-likeness (QED) is 0.621. The van der Waals surface area contributed by atoms with Gasteiger partial charge in [-0.15, -0.1) is 0 Å². The normalized spacial score (nSPS) is 45.1. The van der Waals surface area contributed by atoms with Crippen molar-refractivity contribution in [3.8, 4) is 0 Å². The lowest BCUT2D eigenvalue weighted by molar-refractivity contribution is -0.163. The van der Waals surface area contributed by atoms with Gasteiger partial charge in [-0.2, -0.15) is 0 Å². The van der Waals surface area contributed by atoms with Crippen molar-refractivity contribution in [1.29, 1.82) is 0 Å². The third-order valence-electron chi connectivity index (χ3n) is 2.87. The van der Waals surface area contributed by atoms with E-state index in [2.05, 4.69) is 0 Å². The van der Waals surface area contributed by atoms with E-state index in [0.717, 1.165) is 0 Å². The van der Waals surface area contributed by atoms with Gasteiger partial charge in [-0.05, 0) is 20.3 Å². The van der Waals surface area contributed by atoms with Crippen molar-refractivity contribution in [2.24, 2.45) is 11.7 Å². The van der Waals surface area contributed by atoms with Crippen LogP contribution in [0.3, 0.4) is 0 Å². The summed E-state index contributed by atoms with van der Waals surface area (Å²) in [5.74, 6) is -2.03. The van der Waals surface area contributed by atoms with Crippen molar-refractivity contribution >= 4 is 5.97 Å². The van der Waals surface area contributed by atoms with Crippen molar-refractivity contribution in [2.75, 3.05) is 0 Å². The Hall–Kier alpha value is -0.650. The molecule has 2 aliphatic rings. The van der Waals surface area contributed by atoms with E-state index in [1.54, 1.807) is 0 Å². The third kappa shape index (κ3) is 1.41. The molecule has 0 aromatic rings. The molecule has 0 bridgehead atoms. The molecule has 4 unspecified atom stereocenters. The van der Waals surface area contributed by atoms with Crippen LogP contribution in [0.5, 0.6) is 0 Å². The molecule has 0 amide bonds. The van der Waals surface area contributed by atoms with Crippen LogP contribution in [-0.4, -0.2) is 35.1 Å². The van der Waals surface area contributed by atoms with Crippen molar-refractivity contribution in [3.05, 3.63) is 0 Å². The number of rotatable bonds is 1. The fourth-order valence-electron chi connectivity index (χ4n) is 2.27. The number of carboxylic acids is 1. The summed E-state index contributed by atoms with van der Waals surface area (Å²) in [7, 11) is 0. The fraction of sp³-hybridized carbons (Fsp3) is 0.889. The van der Waals surface area contributed by atoms with E-state index in [1.807, 2.05) is 13.8 Å². The van der Waals surface area contributed by atoms with Gasteiger partial charge >= 0.3 is 5.97 Å². The summed E-state index contributed by atoms with van der Waals surface area (Å²) in [4.78, 5) is 10.8. The summed E-state index contributed by atoms with van der Waals surface area (Å²) in [5, 5.41) is 8.88. The Bertz CT molecular complexity index is 266. The first-order valence-corrected chi connectivity index (χ1v) is 4.75. The summed E-state index contributed by atoms with van der Waals surface area (Å²) in [6.07, 6.45) is 0.0112. The summed E-state index contributed by atoms with van der Waals surface area (Å²) < 4.78 is 11.1. The highest BCUT2D eigenvalue weighted by molar-refractivity contribution is 5.71. The molecule has 2 rings (SSSR count). The van der Waals surface area contributed by atoms with Gasteiger partial charge in [-0.3, -0.25) is 4.79 Å². The van der Waals surface area contributed by atoms with Gasteiger partial charge in [-0.25, -0.2) is 0 Å². The van der Waals surface area contributed by atoms with Gasteiger partial charge in [0.15, 0.2) is 5.79 Å². The maximum absolute atomic E-state index is 10.8. The average Bonchev–Trinajstić information content (AvgIpc) is 2.46. The van der Waals surface area contributed by atoms with Gasteiger partial charge in [0.25, 0.3) is 0 Å². The van der Waals surface area contributed by atoms with Crippen LogP contribution in [0.25, 0.3) is 0 Å². The molecule has 5 heteroatoms. The predicted molar refractivity (Wildman–Crippen MR) is 47.5 cm³/mol. The Morgan fingerprint density at radius 2 is 2.14 bits per heavy atom. The first-order chi connectivity index (χ1) is 6.41. The lowest BCUT2D eigenvalue weighted by Gasteiger charge is -2.22. The van der Waals surface area contributed by atoms with Crippen molar-refractivity contribution in [2.45, 2.75) is 44.3 Å². The molecule has 0 aromatic carbocycles. The second-order valence-corrected chi connectivity index (χ2v) is 4.40. The Labute approximate surface area is 82.2 Å². The SMILES string of the molecule is CC1(C)OC2CC(C(=O)O)C(N)C2O1. The molecule has 1 heterocycles. The first kappa shape index (κ1) is 9.89. The van der Waals surface area contributed by atoms with Crippen molar-refractivity contribution in [1.82, 2.24) is 0 Å². The van der Waals surface area contributed by atoms with E-state index >= 15 is 0 Å². The van der Waals surface area contributed by atoms with E-state index in [9.17, 15) is 4.79 Å². The Kier molecular flexibility index (Phi) is 2.06. The van der Waals surface area contributed by atoms with Crippen LogP contribution in [-0.2, 0) is 14.3 Å². The molecule has 80 valence electrons. The number of aliphatic carboxylic acids is 1. The minimum Gasteiger partial charge on any atom is -0.481 e. The van der Waals surface area contributed by atoms with Crippen LogP contribution >= 0.6 is 0 Å². The molecule has 0 spiro atoms. The molecule has 5 nitrogen and oxygen atoms in total. The lowest BCUT2D eigenvalue weighted by atomic mass is 10.0. The summed E-state index contributed by atoms with van der Waals surface area (Å²) >= 11 is 0. The van der Waals surface area contributed by atoms with Crippen LogP contribution in [0.2, 0.25) is 0 Å². The van der Waals surface area contributed by atoms with Crippen LogP contribution < -0.4 is 5.73 Å². The third-order valence-corrected chi connectivity index (χ3v) is 2.87. The zero-order valence-electron chi connectivity index (χ0n) is 8.27. The Balaban J connectivity index is 2.11. The zero-order chi connectivity index (χ0) is 10.5. The van der Waals surface area contributed by atoms with Gasteiger partial charge in [0.2, 0.25) is 0 Å². The molecule has 2 fully saturated rings. The van der Waals surface area contributed by atoms with E-state index in [-0.39, 0.29) is 12.2 Å². The van der Waals surface area contributed by atoms with Gasteiger partial charge in [0, 0.05) is 6.04 Å². The van der Waals surface area contributed by atoms with Gasteiger partial charge in [0.1, 0.15) is 6.10 Å². The minimum atomic E-state index is -0.864. The number of nitrogens with two attached hydrogens (primary N) is 1. The van der Waals surface area contributed by atoms with Crippen LogP contribution in [0.15, 0.2) is 0 Å². The maximum Gasteiger partial charge on any atom is 0.308 e. The molecular weight excluding hydrogens is 186 g/mol. The predicted octanol–water partition coefficient (Wildman–Crippen LogP) is -0.0617.